The smallest absolute Gasteiger partial charge is 0.250 e. The predicted octanol–water partition coefficient (Wildman–Crippen LogP) is 2.00. The van der Waals surface area contributed by atoms with Crippen LogP contribution in [0.4, 0.5) is 0 Å². The zero-order valence-corrected chi connectivity index (χ0v) is 13.2. The third kappa shape index (κ3) is 2.62. The van der Waals surface area contributed by atoms with E-state index in [9.17, 15) is 4.79 Å². The normalized spacial score (nSPS) is 24.9. The zero-order valence-electron chi connectivity index (χ0n) is 13.2. The fourth-order valence-corrected chi connectivity index (χ4v) is 3.39. The van der Waals surface area contributed by atoms with Crippen LogP contribution < -0.4 is 0 Å². The molecule has 1 saturated heterocycles. The highest BCUT2D eigenvalue weighted by Crippen LogP contribution is 2.35. The first-order valence-electron chi connectivity index (χ1n) is 7.80. The maximum atomic E-state index is 12.3. The van der Waals surface area contributed by atoms with Crippen molar-refractivity contribution in [1.82, 2.24) is 14.7 Å². The Balaban J connectivity index is 1.93. The number of amides is 1. The van der Waals surface area contributed by atoms with E-state index in [-0.39, 0.29) is 18.2 Å². The summed E-state index contributed by atoms with van der Waals surface area (Å²) in [7, 11) is 1.68. The molecule has 0 bridgehead atoms. The Bertz CT molecular complexity index is 546. The average Bonchev–Trinajstić information content (AvgIpc) is 2.92. The van der Waals surface area contributed by atoms with Gasteiger partial charge in [0.05, 0.1) is 6.04 Å². The number of ether oxygens (including phenoxy) is 1. The van der Waals surface area contributed by atoms with Crippen molar-refractivity contribution < 1.29 is 9.53 Å². The van der Waals surface area contributed by atoms with Crippen molar-refractivity contribution in [2.45, 2.75) is 25.7 Å². The molecule has 2 atom stereocenters. The molecule has 2 aliphatic rings. The van der Waals surface area contributed by atoms with Crippen LogP contribution in [0.5, 0.6) is 0 Å². The molecule has 5 heteroatoms. The van der Waals surface area contributed by atoms with Crippen LogP contribution in [0.15, 0.2) is 42.6 Å². The molecule has 1 fully saturated rings. The Labute approximate surface area is 131 Å². The lowest BCUT2D eigenvalue weighted by Gasteiger charge is -2.40. The summed E-state index contributed by atoms with van der Waals surface area (Å²) in [5.41, 5.74) is 1.26. The zero-order chi connectivity index (χ0) is 15.5. The first kappa shape index (κ1) is 15.1. The van der Waals surface area contributed by atoms with E-state index in [0.29, 0.717) is 6.73 Å². The number of fused-ring (bicyclic) bond motifs is 1. The highest BCUT2D eigenvalue weighted by molar-refractivity contribution is 5.88. The summed E-state index contributed by atoms with van der Waals surface area (Å²) >= 11 is 0. The summed E-state index contributed by atoms with van der Waals surface area (Å²) in [6.45, 7) is 4.32. The monoisotopic (exact) mass is 301 g/mol. The van der Waals surface area contributed by atoms with Gasteiger partial charge in [0.25, 0.3) is 5.91 Å². The number of hydrogen-bond acceptors (Lipinski definition) is 4. The van der Waals surface area contributed by atoms with Crippen molar-refractivity contribution in [3.63, 3.8) is 0 Å². The van der Waals surface area contributed by atoms with Crippen molar-refractivity contribution in [3.05, 3.63) is 48.2 Å². The van der Waals surface area contributed by atoms with E-state index in [4.69, 9.17) is 4.74 Å². The third-order valence-electron chi connectivity index (χ3n) is 4.28. The second-order valence-electron chi connectivity index (χ2n) is 5.75. The highest BCUT2D eigenvalue weighted by atomic mass is 16.5. The maximum absolute atomic E-state index is 12.3. The quantitative estimate of drug-likeness (QED) is 0.833. The minimum atomic E-state index is -0.0531. The molecule has 1 amide bonds. The van der Waals surface area contributed by atoms with Gasteiger partial charge >= 0.3 is 0 Å². The van der Waals surface area contributed by atoms with Gasteiger partial charge < -0.3 is 14.5 Å². The molecule has 2 aliphatic heterocycles. The van der Waals surface area contributed by atoms with Crippen LogP contribution in [-0.2, 0) is 9.53 Å². The van der Waals surface area contributed by atoms with Crippen LogP contribution in [0.25, 0.3) is 0 Å². The molecule has 22 heavy (non-hydrogen) atoms. The van der Waals surface area contributed by atoms with E-state index in [2.05, 4.69) is 41.0 Å². The molecule has 5 nitrogen and oxygen atoms in total. The SMILES string of the molecule is CCCN1C(c2ccccc2)CN2C(=O)C=CN(COC)C21. The summed E-state index contributed by atoms with van der Waals surface area (Å²) in [6, 6.07) is 10.7. The van der Waals surface area contributed by atoms with Gasteiger partial charge in [-0.3, -0.25) is 9.69 Å². The average molecular weight is 301 g/mol. The third-order valence-corrected chi connectivity index (χ3v) is 4.28. The van der Waals surface area contributed by atoms with Crippen molar-refractivity contribution >= 4 is 5.91 Å². The number of carbonyl (C=O) groups excluding carboxylic acids is 1. The predicted molar refractivity (Wildman–Crippen MR) is 84.5 cm³/mol. The van der Waals surface area contributed by atoms with Gasteiger partial charge in [0, 0.05) is 32.5 Å². The molecular formula is C17H23N3O2. The van der Waals surface area contributed by atoms with E-state index >= 15 is 0 Å². The van der Waals surface area contributed by atoms with Crippen LogP contribution in [0, 0.1) is 0 Å². The lowest BCUT2D eigenvalue weighted by atomic mass is 10.1. The Hall–Kier alpha value is -1.85. The summed E-state index contributed by atoms with van der Waals surface area (Å²) in [4.78, 5) is 18.7. The van der Waals surface area contributed by atoms with Gasteiger partial charge in [-0.1, -0.05) is 37.3 Å². The van der Waals surface area contributed by atoms with Crippen LogP contribution in [0.3, 0.4) is 0 Å². The number of carbonyl (C=O) groups is 1. The van der Waals surface area contributed by atoms with E-state index < -0.39 is 0 Å². The Morgan fingerprint density at radius 1 is 1.27 bits per heavy atom. The Kier molecular flexibility index (Phi) is 4.45. The van der Waals surface area contributed by atoms with Crippen molar-refractivity contribution in [1.29, 1.82) is 0 Å². The van der Waals surface area contributed by atoms with Gasteiger partial charge in [-0.2, -0.15) is 0 Å². The molecule has 3 rings (SSSR count). The summed E-state index contributed by atoms with van der Waals surface area (Å²) in [5.74, 6) is 0.0805. The lowest BCUT2D eigenvalue weighted by Crippen LogP contribution is -2.54. The first-order chi connectivity index (χ1) is 10.8. The van der Waals surface area contributed by atoms with Crippen LogP contribution >= 0.6 is 0 Å². The molecule has 0 radical (unpaired) electrons. The summed E-state index contributed by atoms with van der Waals surface area (Å²) in [6.07, 6.45) is 4.48. The second kappa shape index (κ2) is 6.50. The van der Waals surface area contributed by atoms with Gasteiger partial charge in [-0.05, 0) is 12.0 Å². The van der Waals surface area contributed by atoms with Crippen LogP contribution in [-0.4, -0.2) is 53.8 Å². The fraction of sp³-hybridized carbons (Fsp3) is 0.471. The molecule has 2 heterocycles. The van der Waals surface area contributed by atoms with E-state index in [1.165, 1.54) is 5.56 Å². The molecule has 118 valence electrons. The molecule has 1 aromatic carbocycles. The van der Waals surface area contributed by atoms with Crippen LogP contribution in [0.2, 0.25) is 0 Å². The minimum Gasteiger partial charge on any atom is -0.364 e. The summed E-state index contributed by atoms with van der Waals surface area (Å²) in [5, 5.41) is 0. The van der Waals surface area contributed by atoms with Crippen LogP contribution in [0.1, 0.15) is 24.9 Å². The lowest BCUT2D eigenvalue weighted by molar-refractivity contribution is -0.138. The van der Waals surface area contributed by atoms with Gasteiger partial charge in [-0.15, -0.1) is 0 Å². The van der Waals surface area contributed by atoms with Gasteiger partial charge in [0.15, 0.2) is 6.29 Å². The number of benzene rings is 1. The topological polar surface area (TPSA) is 36.0 Å². The minimum absolute atomic E-state index is 0.0531. The van der Waals surface area contributed by atoms with Gasteiger partial charge in [0.1, 0.15) is 6.73 Å². The number of nitrogens with zero attached hydrogens (tertiary/aromatic N) is 3. The van der Waals surface area contributed by atoms with E-state index in [0.717, 1.165) is 19.5 Å². The molecule has 0 N–H and O–H groups in total. The largest absolute Gasteiger partial charge is 0.364 e. The Morgan fingerprint density at radius 3 is 2.73 bits per heavy atom. The Morgan fingerprint density at radius 2 is 2.05 bits per heavy atom. The molecule has 0 spiro atoms. The van der Waals surface area contributed by atoms with Gasteiger partial charge in [-0.25, -0.2) is 0 Å². The van der Waals surface area contributed by atoms with Crippen molar-refractivity contribution in [2.24, 2.45) is 0 Å². The molecular weight excluding hydrogens is 278 g/mol. The fourth-order valence-electron chi connectivity index (χ4n) is 3.39. The second-order valence-corrected chi connectivity index (χ2v) is 5.75. The van der Waals surface area contributed by atoms with E-state index in [1.54, 1.807) is 13.2 Å². The molecule has 0 saturated carbocycles. The number of methoxy groups -OCH3 is 1. The molecule has 0 aromatic heterocycles. The number of rotatable bonds is 5. The van der Waals surface area contributed by atoms with E-state index in [1.807, 2.05) is 17.2 Å². The number of hydrogen-bond donors (Lipinski definition) is 0. The maximum Gasteiger partial charge on any atom is 0.250 e. The summed E-state index contributed by atoms with van der Waals surface area (Å²) < 4.78 is 5.30. The highest BCUT2D eigenvalue weighted by Gasteiger charge is 2.45. The van der Waals surface area contributed by atoms with Crippen molar-refractivity contribution in [3.8, 4) is 0 Å². The molecule has 0 aliphatic carbocycles. The molecule has 2 unspecified atom stereocenters. The van der Waals surface area contributed by atoms with Crippen molar-refractivity contribution in [2.75, 3.05) is 26.9 Å². The van der Waals surface area contributed by atoms with Gasteiger partial charge in [0.2, 0.25) is 0 Å². The first-order valence-corrected chi connectivity index (χ1v) is 7.80. The molecule has 1 aromatic rings. The standard InChI is InChI=1S/C17H23N3O2/c1-3-10-19-15(14-7-5-4-6-8-14)12-20-16(21)9-11-18(13-22-2)17(19)20/h4-9,11,15,17H,3,10,12-13H2,1-2H3.